The van der Waals surface area contributed by atoms with Gasteiger partial charge in [0.05, 0.1) is 0 Å². The van der Waals surface area contributed by atoms with Gasteiger partial charge in [0.2, 0.25) is 0 Å². The highest BCUT2D eigenvalue weighted by Gasteiger charge is 2.03. The molecule has 0 fully saturated rings. The number of nitrogens with zero attached hydrogens (tertiary/aromatic N) is 2. The molecular formula is C9H9N5O. The van der Waals surface area contributed by atoms with E-state index in [0.717, 1.165) is 0 Å². The van der Waals surface area contributed by atoms with Gasteiger partial charge in [-0.25, -0.2) is 4.98 Å². The van der Waals surface area contributed by atoms with Crippen LogP contribution in [0.25, 0.3) is 0 Å². The van der Waals surface area contributed by atoms with Crippen molar-refractivity contribution < 1.29 is 4.79 Å². The van der Waals surface area contributed by atoms with Gasteiger partial charge in [-0.2, -0.15) is 5.10 Å². The van der Waals surface area contributed by atoms with Crippen LogP contribution in [0.2, 0.25) is 0 Å². The van der Waals surface area contributed by atoms with E-state index in [2.05, 4.69) is 20.5 Å². The maximum absolute atomic E-state index is 10.9. The highest BCUT2D eigenvalue weighted by atomic mass is 16.1. The number of nitrogens with one attached hydrogen (secondary N) is 2. The SMILES string of the molecule is NC(=O)c1cccc(Nc2cc[nH]n2)n1. The molecule has 0 bridgehead atoms. The minimum absolute atomic E-state index is 0.218. The molecule has 0 saturated carbocycles. The molecule has 0 spiro atoms. The number of nitrogens with two attached hydrogens (primary N) is 1. The Morgan fingerprint density at radius 2 is 2.20 bits per heavy atom. The van der Waals surface area contributed by atoms with Gasteiger partial charge in [0.1, 0.15) is 11.5 Å². The van der Waals surface area contributed by atoms with E-state index in [9.17, 15) is 4.79 Å². The Labute approximate surface area is 85.5 Å². The minimum Gasteiger partial charge on any atom is -0.364 e. The maximum Gasteiger partial charge on any atom is 0.267 e. The Morgan fingerprint density at radius 1 is 1.33 bits per heavy atom. The van der Waals surface area contributed by atoms with Gasteiger partial charge in [0.25, 0.3) is 5.91 Å². The summed E-state index contributed by atoms with van der Waals surface area (Å²) in [5.74, 6) is 0.600. The van der Waals surface area contributed by atoms with Crippen molar-refractivity contribution in [1.82, 2.24) is 15.2 Å². The monoisotopic (exact) mass is 203 g/mol. The zero-order chi connectivity index (χ0) is 10.7. The average Bonchev–Trinajstić information content (AvgIpc) is 2.71. The standard InChI is InChI=1S/C9H9N5O/c10-9(15)6-2-1-3-7(12-6)13-8-4-5-11-14-8/h1-5H,(H2,10,15)(H2,11,12,13,14). The van der Waals surface area contributed by atoms with Crippen LogP contribution in [0, 0.1) is 0 Å². The van der Waals surface area contributed by atoms with Gasteiger partial charge in [-0.1, -0.05) is 6.07 Å². The Balaban J connectivity index is 2.22. The number of aromatic amines is 1. The van der Waals surface area contributed by atoms with Gasteiger partial charge in [-0.15, -0.1) is 0 Å². The summed E-state index contributed by atoms with van der Waals surface area (Å²) < 4.78 is 0. The number of carbonyl (C=O) groups is 1. The van der Waals surface area contributed by atoms with Crippen LogP contribution < -0.4 is 11.1 Å². The molecule has 0 atom stereocenters. The molecule has 0 aliphatic heterocycles. The second kappa shape index (κ2) is 3.79. The molecule has 4 N–H and O–H groups in total. The lowest BCUT2D eigenvalue weighted by Crippen LogP contribution is -2.13. The molecule has 76 valence electrons. The first-order valence-electron chi connectivity index (χ1n) is 4.29. The molecule has 0 unspecified atom stereocenters. The lowest BCUT2D eigenvalue weighted by atomic mass is 10.3. The van der Waals surface area contributed by atoms with Gasteiger partial charge in [0, 0.05) is 12.3 Å². The third-order valence-corrected chi connectivity index (χ3v) is 1.76. The molecule has 0 aliphatic rings. The summed E-state index contributed by atoms with van der Waals surface area (Å²) in [5, 5.41) is 9.47. The molecule has 2 aromatic rings. The van der Waals surface area contributed by atoms with Crippen molar-refractivity contribution in [2.75, 3.05) is 5.32 Å². The smallest absolute Gasteiger partial charge is 0.267 e. The highest BCUT2D eigenvalue weighted by molar-refractivity contribution is 5.91. The van der Waals surface area contributed by atoms with Crippen LogP contribution in [-0.4, -0.2) is 21.1 Å². The average molecular weight is 203 g/mol. The summed E-state index contributed by atoms with van der Waals surface area (Å²) in [6, 6.07) is 6.72. The normalized spacial score (nSPS) is 9.87. The van der Waals surface area contributed by atoms with E-state index >= 15 is 0 Å². The molecule has 0 aliphatic carbocycles. The molecule has 15 heavy (non-hydrogen) atoms. The Morgan fingerprint density at radius 3 is 2.87 bits per heavy atom. The van der Waals surface area contributed by atoms with Crippen molar-refractivity contribution in [3.8, 4) is 0 Å². The van der Waals surface area contributed by atoms with Crippen LogP contribution in [0.1, 0.15) is 10.5 Å². The van der Waals surface area contributed by atoms with Gasteiger partial charge < -0.3 is 11.1 Å². The van der Waals surface area contributed by atoms with Crippen molar-refractivity contribution in [3.63, 3.8) is 0 Å². The maximum atomic E-state index is 10.9. The Bertz CT molecular complexity index is 465. The van der Waals surface area contributed by atoms with Crippen LogP contribution in [0.15, 0.2) is 30.5 Å². The second-order valence-corrected chi connectivity index (χ2v) is 2.86. The van der Waals surface area contributed by atoms with Crippen molar-refractivity contribution in [2.24, 2.45) is 5.73 Å². The number of aromatic nitrogens is 3. The fraction of sp³-hybridized carbons (Fsp3) is 0. The first kappa shape index (κ1) is 9.20. The van der Waals surface area contributed by atoms with E-state index < -0.39 is 5.91 Å². The van der Waals surface area contributed by atoms with Gasteiger partial charge in [-0.3, -0.25) is 9.89 Å². The third kappa shape index (κ3) is 2.11. The number of carbonyl (C=O) groups excluding carboxylic acids is 1. The fourth-order valence-corrected chi connectivity index (χ4v) is 1.10. The molecule has 2 rings (SSSR count). The summed E-state index contributed by atoms with van der Waals surface area (Å²) in [6.45, 7) is 0. The van der Waals surface area contributed by atoms with E-state index in [1.165, 1.54) is 0 Å². The molecule has 0 aromatic carbocycles. The van der Waals surface area contributed by atoms with Gasteiger partial charge in [-0.05, 0) is 12.1 Å². The number of hydrogen-bond donors (Lipinski definition) is 3. The summed E-state index contributed by atoms with van der Waals surface area (Å²) in [5.41, 5.74) is 5.32. The fourth-order valence-electron chi connectivity index (χ4n) is 1.10. The number of amides is 1. The number of anilines is 2. The molecule has 2 aromatic heterocycles. The summed E-state index contributed by atoms with van der Waals surface area (Å²) >= 11 is 0. The zero-order valence-corrected chi connectivity index (χ0v) is 7.77. The van der Waals surface area contributed by atoms with E-state index in [4.69, 9.17) is 5.73 Å². The molecule has 6 heteroatoms. The largest absolute Gasteiger partial charge is 0.364 e. The lowest BCUT2D eigenvalue weighted by molar-refractivity contribution is 0.0995. The van der Waals surface area contributed by atoms with Crippen molar-refractivity contribution in [2.45, 2.75) is 0 Å². The predicted molar refractivity (Wildman–Crippen MR) is 54.6 cm³/mol. The quantitative estimate of drug-likeness (QED) is 0.682. The molecular weight excluding hydrogens is 194 g/mol. The van der Waals surface area contributed by atoms with Crippen LogP contribution in [-0.2, 0) is 0 Å². The van der Waals surface area contributed by atoms with E-state index in [1.807, 2.05) is 0 Å². The van der Waals surface area contributed by atoms with Gasteiger partial charge >= 0.3 is 0 Å². The number of H-pyrrole nitrogens is 1. The molecule has 2 heterocycles. The molecule has 6 nitrogen and oxygen atoms in total. The lowest BCUT2D eigenvalue weighted by Gasteiger charge is -2.02. The summed E-state index contributed by atoms with van der Waals surface area (Å²) in [6.07, 6.45) is 1.68. The topological polar surface area (TPSA) is 96.7 Å². The molecule has 1 amide bonds. The highest BCUT2D eigenvalue weighted by Crippen LogP contribution is 2.10. The molecule has 0 saturated heterocycles. The summed E-state index contributed by atoms with van der Waals surface area (Å²) in [4.78, 5) is 14.9. The Hall–Kier alpha value is -2.37. The third-order valence-electron chi connectivity index (χ3n) is 1.76. The van der Waals surface area contributed by atoms with Gasteiger partial charge in [0.15, 0.2) is 5.82 Å². The Kier molecular flexibility index (Phi) is 2.32. The first-order chi connectivity index (χ1) is 7.25. The molecule has 0 radical (unpaired) electrons. The van der Waals surface area contributed by atoms with E-state index in [1.54, 1.807) is 30.5 Å². The number of pyridine rings is 1. The van der Waals surface area contributed by atoms with Crippen molar-refractivity contribution >= 4 is 17.5 Å². The van der Waals surface area contributed by atoms with E-state index in [0.29, 0.717) is 11.6 Å². The van der Waals surface area contributed by atoms with Crippen LogP contribution in [0.4, 0.5) is 11.6 Å². The predicted octanol–water partition coefficient (Wildman–Crippen LogP) is 0.647. The number of primary amides is 1. The van der Waals surface area contributed by atoms with Crippen LogP contribution in [0.5, 0.6) is 0 Å². The summed E-state index contributed by atoms with van der Waals surface area (Å²) in [7, 11) is 0. The minimum atomic E-state index is -0.555. The van der Waals surface area contributed by atoms with Crippen molar-refractivity contribution in [3.05, 3.63) is 36.2 Å². The number of hydrogen-bond acceptors (Lipinski definition) is 4. The zero-order valence-electron chi connectivity index (χ0n) is 7.77. The second-order valence-electron chi connectivity index (χ2n) is 2.86. The van der Waals surface area contributed by atoms with Crippen LogP contribution in [0.3, 0.4) is 0 Å². The van der Waals surface area contributed by atoms with E-state index in [-0.39, 0.29) is 5.69 Å². The van der Waals surface area contributed by atoms with Crippen LogP contribution >= 0.6 is 0 Å². The first-order valence-corrected chi connectivity index (χ1v) is 4.29. The van der Waals surface area contributed by atoms with Crippen molar-refractivity contribution in [1.29, 1.82) is 0 Å². The number of rotatable bonds is 3.